The molecule has 3 heterocycles. The fraction of sp³-hybridized carbons (Fsp3) is 0.571. The highest BCUT2D eigenvalue weighted by Gasteiger charge is 2.33. The lowest BCUT2D eigenvalue weighted by Gasteiger charge is -2.30. The van der Waals surface area contributed by atoms with Crippen molar-refractivity contribution >= 4 is 0 Å². The minimum absolute atomic E-state index is 0.286. The van der Waals surface area contributed by atoms with Gasteiger partial charge < -0.3 is 9.84 Å². The first-order chi connectivity index (χ1) is 13.3. The van der Waals surface area contributed by atoms with Crippen LogP contribution < -0.4 is 0 Å². The first-order valence-corrected chi connectivity index (χ1v) is 9.99. The van der Waals surface area contributed by atoms with E-state index in [0.29, 0.717) is 11.8 Å². The number of nitrogens with zero attached hydrogens (tertiary/aromatic N) is 4. The fourth-order valence-corrected chi connectivity index (χ4v) is 4.28. The number of rotatable bonds is 7. The van der Waals surface area contributed by atoms with Gasteiger partial charge in [-0.2, -0.15) is 5.10 Å². The summed E-state index contributed by atoms with van der Waals surface area (Å²) in [5, 5.41) is 14.1. The van der Waals surface area contributed by atoms with Crippen LogP contribution in [0.2, 0.25) is 0 Å². The van der Waals surface area contributed by atoms with Gasteiger partial charge in [0, 0.05) is 58.3 Å². The molecule has 2 atom stereocenters. The molecule has 6 nitrogen and oxygen atoms in total. The Morgan fingerprint density at radius 1 is 0.963 bits per heavy atom. The molecule has 2 fully saturated rings. The number of aliphatic hydroxyl groups is 1. The van der Waals surface area contributed by atoms with Gasteiger partial charge in [0.2, 0.25) is 0 Å². The van der Waals surface area contributed by atoms with Crippen molar-refractivity contribution in [3.05, 3.63) is 53.9 Å². The summed E-state index contributed by atoms with van der Waals surface area (Å²) in [5.41, 5.74) is 2.60. The van der Waals surface area contributed by atoms with E-state index in [-0.39, 0.29) is 6.61 Å². The summed E-state index contributed by atoms with van der Waals surface area (Å²) in [6.07, 6.45) is 3.80. The Hall–Kier alpha value is -1.73. The summed E-state index contributed by atoms with van der Waals surface area (Å²) in [6, 6.07) is 10.8. The molecule has 0 unspecified atom stereocenters. The van der Waals surface area contributed by atoms with Gasteiger partial charge in [-0.05, 0) is 29.0 Å². The van der Waals surface area contributed by atoms with E-state index in [1.165, 1.54) is 11.1 Å². The quantitative estimate of drug-likeness (QED) is 0.796. The van der Waals surface area contributed by atoms with E-state index in [1.54, 1.807) is 0 Å². The number of morpholine rings is 1. The molecule has 146 valence electrons. The summed E-state index contributed by atoms with van der Waals surface area (Å²) in [7, 11) is 0. The first kappa shape index (κ1) is 18.6. The van der Waals surface area contributed by atoms with E-state index in [1.807, 2.05) is 23.1 Å². The normalized spacial score (nSPS) is 24.5. The fourth-order valence-electron chi connectivity index (χ4n) is 4.28. The predicted molar refractivity (Wildman–Crippen MR) is 104 cm³/mol. The molecule has 2 aliphatic rings. The van der Waals surface area contributed by atoms with E-state index in [0.717, 1.165) is 59.0 Å². The monoisotopic (exact) mass is 370 g/mol. The van der Waals surface area contributed by atoms with Gasteiger partial charge in [0.25, 0.3) is 0 Å². The maximum absolute atomic E-state index is 9.83. The van der Waals surface area contributed by atoms with E-state index in [4.69, 9.17) is 4.74 Å². The second kappa shape index (κ2) is 8.97. The molecular formula is C21H30N4O2. The van der Waals surface area contributed by atoms with E-state index < -0.39 is 0 Å². The third kappa shape index (κ3) is 4.96. The molecule has 1 aromatic carbocycles. The maximum atomic E-state index is 9.83. The molecule has 2 saturated heterocycles. The smallest absolute Gasteiger partial charge is 0.0659 e. The molecule has 6 heteroatoms. The molecular weight excluding hydrogens is 340 g/mol. The minimum Gasteiger partial charge on any atom is -0.396 e. The van der Waals surface area contributed by atoms with Gasteiger partial charge in [0.1, 0.15) is 0 Å². The summed E-state index contributed by atoms with van der Waals surface area (Å²) < 4.78 is 7.40. The van der Waals surface area contributed by atoms with Gasteiger partial charge in [0.05, 0.1) is 19.8 Å². The predicted octanol–water partition coefficient (Wildman–Crippen LogP) is 1.30. The molecule has 1 N–H and O–H groups in total. The van der Waals surface area contributed by atoms with Gasteiger partial charge in [0.15, 0.2) is 0 Å². The third-order valence-electron chi connectivity index (χ3n) is 5.82. The second-order valence-corrected chi connectivity index (χ2v) is 7.83. The van der Waals surface area contributed by atoms with Crippen molar-refractivity contribution in [3.63, 3.8) is 0 Å². The summed E-state index contributed by atoms with van der Waals surface area (Å²) in [5.74, 6) is 0.930. The molecule has 2 aliphatic heterocycles. The van der Waals surface area contributed by atoms with Crippen LogP contribution in [0.4, 0.5) is 0 Å². The Kier molecular flexibility index (Phi) is 6.19. The zero-order valence-corrected chi connectivity index (χ0v) is 15.9. The Morgan fingerprint density at radius 2 is 1.67 bits per heavy atom. The highest BCUT2D eigenvalue weighted by molar-refractivity contribution is 5.23. The van der Waals surface area contributed by atoms with Crippen molar-refractivity contribution in [2.24, 2.45) is 11.8 Å². The first-order valence-electron chi connectivity index (χ1n) is 9.99. The highest BCUT2D eigenvalue weighted by atomic mass is 16.5. The zero-order valence-electron chi connectivity index (χ0n) is 15.9. The van der Waals surface area contributed by atoms with Crippen LogP contribution in [0.25, 0.3) is 0 Å². The van der Waals surface area contributed by atoms with Crippen LogP contribution in [0.3, 0.4) is 0 Å². The van der Waals surface area contributed by atoms with Crippen molar-refractivity contribution in [1.82, 2.24) is 19.6 Å². The van der Waals surface area contributed by atoms with E-state index in [2.05, 4.69) is 39.2 Å². The van der Waals surface area contributed by atoms with Gasteiger partial charge in [-0.1, -0.05) is 24.3 Å². The average Bonchev–Trinajstić information content (AvgIpc) is 3.34. The van der Waals surface area contributed by atoms with E-state index in [9.17, 15) is 5.11 Å². The average molecular weight is 370 g/mol. The lowest BCUT2D eigenvalue weighted by Crippen LogP contribution is -2.41. The zero-order chi connectivity index (χ0) is 18.5. The van der Waals surface area contributed by atoms with Crippen molar-refractivity contribution < 1.29 is 9.84 Å². The molecule has 0 saturated carbocycles. The molecule has 0 spiro atoms. The Balaban J connectivity index is 1.31. The van der Waals surface area contributed by atoms with Crippen molar-refractivity contribution in [2.45, 2.75) is 13.1 Å². The number of ether oxygens (including phenoxy) is 1. The minimum atomic E-state index is 0.286. The van der Waals surface area contributed by atoms with Gasteiger partial charge in [-0.15, -0.1) is 0 Å². The summed E-state index contributed by atoms with van der Waals surface area (Å²) in [6.45, 7) is 8.90. The number of hydrogen-bond acceptors (Lipinski definition) is 5. The van der Waals surface area contributed by atoms with Crippen LogP contribution in [-0.4, -0.2) is 77.2 Å². The van der Waals surface area contributed by atoms with Crippen molar-refractivity contribution in [3.8, 4) is 0 Å². The van der Waals surface area contributed by atoms with Crippen LogP contribution in [0, 0.1) is 11.8 Å². The summed E-state index contributed by atoms with van der Waals surface area (Å²) >= 11 is 0. The van der Waals surface area contributed by atoms with Crippen LogP contribution in [0.1, 0.15) is 11.1 Å². The van der Waals surface area contributed by atoms with Gasteiger partial charge in [-0.3, -0.25) is 14.5 Å². The standard InChI is InChI=1S/C21H30N4O2/c26-17-21-16-24(15-20(21)14-23-8-10-27-11-9-23)12-18-2-4-19(5-3-18)13-25-7-1-6-22-25/h1-7,20-21,26H,8-17H2/t20-,21-/m0/s1. The second-order valence-electron chi connectivity index (χ2n) is 7.83. The molecule has 0 bridgehead atoms. The molecule has 0 amide bonds. The maximum Gasteiger partial charge on any atom is 0.0659 e. The lowest BCUT2D eigenvalue weighted by molar-refractivity contribution is 0.0264. The van der Waals surface area contributed by atoms with Crippen LogP contribution in [-0.2, 0) is 17.8 Å². The SMILES string of the molecule is OC[C@@H]1CN(Cc2ccc(Cn3cccn3)cc2)C[C@@H]1CN1CCOCC1. The van der Waals surface area contributed by atoms with Gasteiger partial charge in [-0.25, -0.2) is 0 Å². The van der Waals surface area contributed by atoms with Crippen molar-refractivity contribution in [2.75, 3.05) is 52.5 Å². The summed E-state index contributed by atoms with van der Waals surface area (Å²) in [4.78, 5) is 4.99. The van der Waals surface area contributed by atoms with E-state index >= 15 is 0 Å². The molecule has 2 aromatic rings. The number of likely N-dealkylation sites (tertiary alicyclic amines) is 1. The number of aromatic nitrogens is 2. The molecule has 1 aromatic heterocycles. The topological polar surface area (TPSA) is 53.8 Å². The molecule has 0 radical (unpaired) electrons. The lowest BCUT2D eigenvalue weighted by atomic mass is 9.96. The molecule has 0 aliphatic carbocycles. The number of aliphatic hydroxyl groups excluding tert-OH is 1. The van der Waals surface area contributed by atoms with Crippen LogP contribution in [0.5, 0.6) is 0 Å². The van der Waals surface area contributed by atoms with Crippen molar-refractivity contribution in [1.29, 1.82) is 0 Å². The largest absolute Gasteiger partial charge is 0.396 e. The Labute approximate surface area is 161 Å². The van der Waals surface area contributed by atoms with Crippen LogP contribution in [0.15, 0.2) is 42.7 Å². The molecule has 4 rings (SSSR count). The third-order valence-corrected chi connectivity index (χ3v) is 5.82. The Morgan fingerprint density at radius 3 is 2.33 bits per heavy atom. The van der Waals surface area contributed by atoms with Crippen LogP contribution >= 0.6 is 0 Å². The number of benzene rings is 1. The molecule has 27 heavy (non-hydrogen) atoms. The Bertz CT molecular complexity index is 683. The van der Waals surface area contributed by atoms with Gasteiger partial charge >= 0.3 is 0 Å². The number of hydrogen-bond donors (Lipinski definition) is 1. The highest BCUT2D eigenvalue weighted by Crippen LogP contribution is 2.26.